The van der Waals surface area contributed by atoms with Crippen LogP contribution in [0, 0.1) is 0 Å². The number of fused-ring (bicyclic) bond motifs is 2. The molecule has 27 heavy (non-hydrogen) atoms. The number of nitrogens with one attached hydrogen (secondary N) is 2. The fourth-order valence-electron chi connectivity index (χ4n) is 2.91. The smallest absolute Gasteiger partial charge is 0.253 e. The first-order valence-corrected chi connectivity index (χ1v) is 8.65. The van der Waals surface area contributed by atoms with E-state index in [2.05, 4.69) is 15.6 Å². The molecule has 7 nitrogen and oxygen atoms in total. The SMILES string of the molecule is CC(O)C(CO)NC(=O)CNC(=O)c1c2ccccc2nc2ccccc12. The predicted octanol–water partition coefficient (Wildman–Crippen LogP) is 0.976. The molecule has 2 amide bonds. The van der Waals surface area contributed by atoms with Crippen molar-refractivity contribution in [3.05, 3.63) is 54.1 Å². The van der Waals surface area contributed by atoms with Gasteiger partial charge in [-0.05, 0) is 19.1 Å². The molecular weight excluding hydrogens is 346 g/mol. The molecule has 2 atom stereocenters. The lowest BCUT2D eigenvalue weighted by molar-refractivity contribution is -0.122. The Hall–Kier alpha value is -3.03. The predicted molar refractivity (Wildman–Crippen MR) is 102 cm³/mol. The molecule has 3 aromatic rings. The zero-order valence-electron chi connectivity index (χ0n) is 14.8. The topological polar surface area (TPSA) is 112 Å². The van der Waals surface area contributed by atoms with Gasteiger partial charge in [-0.3, -0.25) is 9.59 Å². The monoisotopic (exact) mass is 367 g/mol. The minimum atomic E-state index is -0.900. The summed E-state index contributed by atoms with van der Waals surface area (Å²) in [4.78, 5) is 29.4. The van der Waals surface area contributed by atoms with Crippen LogP contribution < -0.4 is 10.6 Å². The molecular formula is C20H21N3O4. The summed E-state index contributed by atoms with van der Waals surface area (Å²) in [7, 11) is 0. The number of aliphatic hydroxyl groups is 2. The van der Waals surface area contributed by atoms with E-state index < -0.39 is 30.6 Å². The second-order valence-corrected chi connectivity index (χ2v) is 6.30. The third-order valence-electron chi connectivity index (χ3n) is 4.35. The molecule has 140 valence electrons. The standard InChI is InChI=1S/C20H21N3O4/c1-12(25)17(11-24)23-18(26)10-21-20(27)19-13-6-2-4-8-15(13)22-16-9-5-3-7-14(16)19/h2-9,12,17,24-25H,10-11H2,1H3,(H,21,27)(H,23,26). The molecule has 0 bridgehead atoms. The number of amides is 2. The van der Waals surface area contributed by atoms with Gasteiger partial charge in [-0.15, -0.1) is 0 Å². The molecule has 0 radical (unpaired) electrons. The maximum absolute atomic E-state index is 12.8. The lowest BCUT2D eigenvalue weighted by atomic mass is 10.0. The number of aromatic nitrogens is 1. The van der Waals surface area contributed by atoms with Crippen molar-refractivity contribution in [3.63, 3.8) is 0 Å². The van der Waals surface area contributed by atoms with Crippen LogP contribution in [0.2, 0.25) is 0 Å². The first-order chi connectivity index (χ1) is 13.0. The van der Waals surface area contributed by atoms with Crippen molar-refractivity contribution in [3.8, 4) is 0 Å². The number of para-hydroxylation sites is 2. The first-order valence-electron chi connectivity index (χ1n) is 8.65. The van der Waals surface area contributed by atoms with Crippen LogP contribution >= 0.6 is 0 Å². The van der Waals surface area contributed by atoms with Gasteiger partial charge in [0.2, 0.25) is 5.91 Å². The van der Waals surface area contributed by atoms with Crippen LogP contribution in [0.5, 0.6) is 0 Å². The van der Waals surface area contributed by atoms with Crippen molar-refractivity contribution < 1.29 is 19.8 Å². The average Bonchev–Trinajstić information content (AvgIpc) is 2.68. The summed E-state index contributed by atoms with van der Waals surface area (Å²) in [5.41, 5.74) is 1.85. The van der Waals surface area contributed by atoms with E-state index in [1.807, 2.05) is 48.5 Å². The largest absolute Gasteiger partial charge is 0.394 e. The highest BCUT2D eigenvalue weighted by Crippen LogP contribution is 2.25. The fourth-order valence-corrected chi connectivity index (χ4v) is 2.91. The molecule has 2 unspecified atom stereocenters. The minimum Gasteiger partial charge on any atom is -0.394 e. The summed E-state index contributed by atoms with van der Waals surface area (Å²) < 4.78 is 0. The van der Waals surface area contributed by atoms with Crippen molar-refractivity contribution in [2.75, 3.05) is 13.2 Å². The van der Waals surface area contributed by atoms with E-state index in [-0.39, 0.29) is 6.54 Å². The van der Waals surface area contributed by atoms with Crippen molar-refractivity contribution in [1.29, 1.82) is 0 Å². The summed E-state index contributed by atoms with van der Waals surface area (Å²) in [5.74, 6) is -0.886. The molecule has 3 rings (SSSR count). The Morgan fingerprint density at radius 3 is 2.11 bits per heavy atom. The molecule has 0 spiro atoms. The lowest BCUT2D eigenvalue weighted by Gasteiger charge is -2.19. The van der Waals surface area contributed by atoms with E-state index in [1.54, 1.807) is 0 Å². The maximum atomic E-state index is 12.8. The van der Waals surface area contributed by atoms with Crippen LogP contribution in [0.4, 0.5) is 0 Å². The molecule has 1 heterocycles. The van der Waals surface area contributed by atoms with Crippen molar-refractivity contribution >= 4 is 33.6 Å². The van der Waals surface area contributed by atoms with Gasteiger partial charge in [-0.1, -0.05) is 36.4 Å². The van der Waals surface area contributed by atoms with Gasteiger partial charge in [0, 0.05) is 10.8 Å². The molecule has 0 saturated heterocycles. The van der Waals surface area contributed by atoms with Crippen molar-refractivity contribution in [2.45, 2.75) is 19.1 Å². The second kappa shape index (κ2) is 8.11. The second-order valence-electron chi connectivity index (χ2n) is 6.30. The molecule has 7 heteroatoms. The number of aliphatic hydroxyl groups excluding tert-OH is 2. The zero-order chi connectivity index (χ0) is 19.4. The minimum absolute atomic E-state index is 0.271. The quantitative estimate of drug-likeness (QED) is 0.485. The number of benzene rings is 2. The average molecular weight is 367 g/mol. The summed E-state index contributed by atoms with van der Waals surface area (Å²) >= 11 is 0. The van der Waals surface area contributed by atoms with Crippen LogP contribution in [-0.4, -0.2) is 52.3 Å². The Bertz CT molecular complexity index is 933. The molecule has 0 aliphatic carbocycles. The van der Waals surface area contributed by atoms with E-state index in [0.29, 0.717) is 27.4 Å². The van der Waals surface area contributed by atoms with Crippen LogP contribution in [0.3, 0.4) is 0 Å². The van der Waals surface area contributed by atoms with Gasteiger partial charge in [-0.2, -0.15) is 0 Å². The van der Waals surface area contributed by atoms with E-state index in [9.17, 15) is 14.7 Å². The Kier molecular flexibility index (Phi) is 5.63. The summed E-state index contributed by atoms with van der Waals surface area (Å²) in [6, 6.07) is 13.9. The Labute approximate surface area is 156 Å². The van der Waals surface area contributed by atoms with Gasteiger partial charge in [-0.25, -0.2) is 4.98 Å². The van der Waals surface area contributed by atoms with E-state index in [1.165, 1.54) is 6.92 Å². The van der Waals surface area contributed by atoms with E-state index >= 15 is 0 Å². The highest BCUT2D eigenvalue weighted by Gasteiger charge is 2.19. The van der Waals surface area contributed by atoms with Crippen LogP contribution in [0.25, 0.3) is 21.8 Å². The summed E-state index contributed by atoms with van der Waals surface area (Å²) in [5, 5.41) is 25.1. The Morgan fingerprint density at radius 2 is 1.59 bits per heavy atom. The number of rotatable bonds is 6. The summed E-state index contributed by atoms with van der Waals surface area (Å²) in [6.07, 6.45) is -0.900. The molecule has 2 aromatic carbocycles. The number of hydrogen-bond acceptors (Lipinski definition) is 5. The van der Waals surface area contributed by atoms with Gasteiger partial charge in [0.1, 0.15) is 0 Å². The van der Waals surface area contributed by atoms with Gasteiger partial charge >= 0.3 is 0 Å². The van der Waals surface area contributed by atoms with Gasteiger partial charge in [0.25, 0.3) is 5.91 Å². The van der Waals surface area contributed by atoms with Gasteiger partial charge in [0.05, 0.1) is 41.9 Å². The lowest BCUT2D eigenvalue weighted by Crippen LogP contribution is -2.48. The van der Waals surface area contributed by atoms with E-state index in [0.717, 1.165) is 0 Å². The third kappa shape index (κ3) is 4.05. The molecule has 0 aliphatic heterocycles. The number of carbonyl (C=O) groups is 2. The van der Waals surface area contributed by atoms with E-state index in [4.69, 9.17) is 5.11 Å². The normalized spacial score (nSPS) is 13.3. The first kappa shape index (κ1) is 18.8. The Balaban J connectivity index is 1.86. The highest BCUT2D eigenvalue weighted by molar-refractivity contribution is 6.16. The molecule has 0 saturated carbocycles. The number of carbonyl (C=O) groups excluding carboxylic acids is 2. The summed E-state index contributed by atoms with van der Waals surface area (Å²) in [6.45, 7) is 0.805. The number of nitrogens with zero attached hydrogens (tertiary/aromatic N) is 1. The van der Waals surface area contributed by atoms with Gasteiger partial charge in [0.15, 0.2) is 0 Å². The van der Waals surface area contributed by atoms with Crippen molar-refractivity contribution in [1.82, 2.24) is 15.6 Å². The third-order valence-corrected chi connectivity index (χ3v) is 4.35. The van der Waals surface area contributed by atoms with Crippen LogP contribution in [0.1, 0.15) is 17.3 Å². The van der Waals surface area contributed by atoms with Crippen LogP contribution in [0.15, 0.2) is 48.5 Å². The number of hydrogen-bond donors (Lipinski definition) is 4. The maximum Gasteiger partial charge on any atom is 0.253 e. The van der Waals surface area contributed by atoms with Crippen molar-refractivity contribution in [2.24, 2.45) is 0 Å². The van der Waals surface area contributed by atoms with Gasteiger partial charge < -0.3 is 20.8 Å². The van der Waals surface area contributed by atoms with Crippen LogP contribution in [-0.2, 0) is 4.79 Å². The number of pyridine rings is 1. The molecule has 0 aliphatic rings. The molecule has 1 aromatic heterocycles. The zero-order valence-corrected chi connectivity index (χ0v) is 14.8. The molecule has 4 N–H and O–H groups in total. The Morgan fingerprint density at radius 1 is 1.04 bits per heavy atom. The molecule has 0 fully saturated rings. The highest BCUT2D eigenvalue weighted by atomic mass is 16.3. The fraction of sp³-hybridized carbons (Fsp3) is 0.250.